The third-order valence-electron chi connectivity index (χ3n) is 2.01. The summed E-state index contributed by atoms with van der Waals surface area (Å²) < 4.78 is 32.4. The summed E-state index contributed by atoms with van der Waals surface area (Å²) in [5, 5.41) is 0. The van der Waals surface area contributed by atoms with E-state index in [-0.39, 0.29) is 24.3 Å². The van der Waals surface area contributed by atoms with Gasteiger partial charge in [0.05, 0.1) is 18.6 Å². The zero-order valence-electron chi connectivity index (χ0n) is 6.69. The molecule has 13 heavy (non-hydrogen) atoms. The molecule has 4 heteroatoms. The fraction of sp³-hybridized carbons (Fsp3) is 0.333. The normalized spacial score (nSPS) is 19.0. The lowest BCUT2D eigenvalue weighted by Crippen LogP contribution is -2.23. The van der Waals surface area contributed by atoms with Crippen LogP contribution in [-0.2, 0) is 5.92 Å². The SMILES string of the molecule is FC1(F)CCOc2cc(Br)ccc21. The Bertz CT molecular complexity index is 338. The Morgan fingerprint density at radius 3 is 2.92 bits per heavy atom. The van der Waals surface area contributed by atoms with Crippen molar-refractivity contribution in [3.05, 3.63) is 28.2 Å². The lowest BCUT2D eigenvalue weighted by atomic mass is 10.0. The Kier molecular flexibility index (Phi) is 2.02. The zero-order chi connectivity index (χ0) is 9.47. The summed E-state index contributed by atoms with van der Waals surface area (Å²) in [5.74, 6) is -2.46. The molecule has 0 amide bonds. The first-order valence-electron chi connectivity index (χ1n) is 3.90. The van der Waals surface area contributed by atoms with E-state index in [9.17, 15) is 8.78 Å². The monoisotopic (exact) mass is 248 g/mol. The first kappa shape index (κ1) is 8.94. The van der Waals surface area contributed by atoms with Gasteiger partial charge in [-0.1, -0.05) is 15.9 Å². The van der Waals surface area contributed by atoms with E-state index >= 15 is 0 Å². The van der Waals surface area contributed by atoms with Gasteiger partial charge in [0.15, 0.2) is 0 Å². The molecule has 0 saturated heterocycles. The third-order valence-corrected chi connectivity index (χ3v) is 2.50. The van der Waals surface area contributed by atoms with Gasteiger partial charge in [-0.2, -0.15) is 0 Å². The second-order valence-electron chi connectivity index (χ2n) is 2.94. The molecule has 0 unspecified atom stereocenters. The number of hydrogen-bond donors (Lipinski definition) is 0. The molecule has 1 nitrogen and oxygen atoms in total. The van der Waals surface area contributed by atoms with Crippen molar-refractivity contribution >= 4 is 15.9 Å². The summed E-state index contributed by atoms with van der Waals surface area (Å²) in [4.78, 5) is 0. The van der Waals surface area contributed by atoms with Crippen LogP contribution in [0.1, 0.15) is 12.0 Å². The van der Waals surface area contributed by atoms with Gasteiger partial charge in [0.1, 0.15) is 5.75 Å². The maximum atomic E-state index is 13.2. The van der Waals surface area contributed by atoms with E-state index in [2.05, 4.69) is 15.9 Å². The summed E-state index contributed by atoms with van der Waals surface area (Å²) >= 11 is 3.20. The van der Waals surface area contributed by atoms with Crippen LogP contribution in [0.15, 0.2) is 22.7 Å². The molecule has 0 aromatic heterocycles. The molecule has 0 bridgehead atoms. The van der Waals surface area contributed by atoms with E-state index in [0.29, 0.717) is 0 Å². The van der Waals surface area contributed by atoms with Crippen molar-refractivity contribution in [2.75, 3.05) is 6.61 Å². The van der Waals surface area contributed by atoms with Crippen molar-refractivity contribution in [2.24, 2.45) is 0 Å². The van der Waals surface area contributed by atoms with Gasteiger partial charge in [0.25, 0.3) is 5.92 Å². The Balaban J connectivity index is 2.53. The van der Waals surface area contributed by atoms with E-state index in [1.807, 2.05) is 0 Å². The van der Waals surface area contributed by atoms with Gasteiger partial charge in [-0.15, -0.1) is 0 Å². The van der Waals surface area contributed by atoms with Crippen molar-refractivity contribution < 1.29 is 13.5 Å². The van der Waals surface area contributed by atoms with Crippen LogP contribution in [0, 0.1) is 0 Å². The van der Waals surface area contributed by atoms with Crippen LogP contribution < -0.4 is 4.74 Å². The van der Waals surface area contributed by atoms with Gasteiger partial charge >= 0.3 is 0 Å². The van der Waals surface area contributed by atoms with Gasteiger partial charge in [-0.25, -0.2) is 8.78 Å². The summed E-state index contributed by atoms with van der Waals surface area (Å²) in [5.41, 5.74) is -0.0121. The Morgan fingerprint density at radius 1 is 1.38 bits per heavy atom. The molecule has 0 N–H and O–H groups in total. The number of hydrogen-bond acceptors (Lipinski definition) is 1. The topological polar surface area (TPSA) is 9.23 Å². The molecule has 2 rings (SSSR count). The molecule has 70 valence electrons. The number of rotatable bonds is 0. The lowest BCUT2D eigenvalue weighted by Gasteiger charge is -2.25. The molecular formula is C9H7BrF2O. The largest absolute Gasteiger partial charge is 0.493 e. The fourth-order valence-electron chi connectivity index (χ4n) is 1.34. The predicted octanol–water partition coefficient (Wildman–Crippen LogP) is 3.32. The molecule has 0 fully saturated rings. The van der Waals surface area contributed by atoms with Crippen LogP contribution in [0.5, 0.6) is 5.75 Å². The van der Waals surface area contributed by atoms with Crippen LogP contribution in [0.4, 0.5) is 8.78 Å². The molecule has 0 aliphatic carbocycles. The van der Waals surface area contributed by atoms with Gasteiger partial charge in [-0.05, 0) is 18.2 Å². The molecule has 0 spiro atoms. The summed E-state index contributed by atoms with van der Waals surface area (Å²) in [6.07, 6.45) is -0.234. The minimum absolute atomic E-state index is 0.0121. The zero-order valence-corrected chi connectivity index (χ0v) is 8.27. The summed E-state index contributed by atoms with van der Waals surface area (Å²) in [7, 11) is 0. The standard InChI is InChI=1S/C9H7BrF2O/c10-6-1-2-7-8(5-6)13-4-3-9(7,11)12/h1-2,5H,3-4H2. The molecular weight excluding hydrogens is 242 g/mol. The lowest BCUT2D eigenvalue weighted by molar-refractivity contribution is -0.0404. The van der Waals surface area contributed by atoms with E-state index in [1.165, 1.54) is 6.07 Å². The van der Waals surface area contributed by atoms with Crippen molar-refractivity contribution in [3.8, 4) is 5.75 Å². The second kappa shape index (κ2) is 2.94. The van der Waals surface area contributed by atoms with Gasteiger partial charge in [0.2, 0.25) is 0 Å². The highest BCUT2D eigenvalue weighted by Gasteiger charge is 2.37. The minimum Gasteiger partial charge on any atom is -0.493 e. The van der Waals surface area contributed by atoms with Crippen LogP contribution in [0.3, 0.4) is 0 Å². The van der Waals surface area contributed by atoms with Crippen LogP contribution in [-0.4, -0.2) is 6.61 Å². The van der Waals surface area contributed by atoms with Gasteiger partial charge in [0, 0.05) is 4.47 Å². The number of fused-ring (bicyclic) bond motifs is 1. The highest BCUT2D eigenvalue weighted by Crippen LogP contribution is 2.42. The molecule has 1 aliphatic rings. The number of benzene rings is 1. The van der Waals surface area contributed by atoms with E-state index in [4.69, 9.17) is 4.74 Å². The maximum absolute atomic E-state index is 13.2. The van der Waals surface area contributed by atoms with E-state index in [1.54, 1.807) is 12.1 Å². The first-order valence-corrected chi connectivity index (χ1v) is 4.69. The Hall–Kier alpha value is -0.640. The van der Waals surface area contributed by atoms with Crippen LogP contribution in [0.25, 0.3) is 0 Å². The van der Waals surface area contributed by atoms with Gasteiger partial charge < -0.3 is 4.74 Å². The minimum atomic E-state index is -2.74. The van der Waals surface area contributed by atoms with Crippen LogP contribution in [0.2, 0.25) is 0 Å². The smallest absolute Gasteiger partial charge is 0.280 e. The van der Waals surface area contributed by atoms with Crippen molar-refractivity contribution in [3.63, 3.8) is 0 Å². The predicted molar refractivity (Wildman–Crippen MR) is 48.1 cm³/mol. The van der Waals surface area contributed by atoms with Crippen LogP contribution >= 0.6 is 15.9 Å². The van der Waals surface area contributed by atoms with E-state index in [0.717, 1.165) is 4.47 Å². The highest BCUT2D eigenvalue weighted by atomic mass is 79.9. The number of ether oxygens (including phenoxy) is 1. The molecule has 0 atom stereocenters. The summed E-state index contributed by atoms with van der Waals surface area (Å²) in [6.45, 7) is 0.0798. The number of alkyl halides is 2. The second-order valence-corrected chi connectivity index (χ2v) is 3.86. The molecule has 1 aromatic rings. The van der Waals surface area contributed by atoms with E-state index < -0.39 is 5.92 Å². The third kappa shape index (κ3) is 1.55. The average Bonchev–Trinajstić information content (AvgIpc) is 2.02. The molecule has 0 saturated carbocycles. The Labute approximate surface area is 82.8 Å². The molecule has 1 heterocycles. The Morgan fingerprint density at radius 2 is 2.15 bits per heavy atom. The fourth-order valence-corrected chi connectivity index (χ4v) is 1.68. The molecule has 1 aliphatic heterocycles. The highest BCUT2D eigenvalue weighted by molar-refractivity contribution is 9.10. The first-order chi connectivity index (χ1) is 6.09. The van der Waals surface area contributed by atoms with Crippen molar-refractivity contribution in [2.45, 2.75) is 12.3 Å². The number of halogens is 3. The van der Waals surface area contributed by atoms with Crippen molar-refractivity contribution in [1.29, 1.82) is 0 Å². The summed E-state index contributed by atoms with van der Waals surface area (Å²) in [6, 6.07) is 4.57. The quantitative estimate of drug-likeness (QED) is 0.685. The molecule has 1 aromatic carbocycles. The molecule has 0 radical (unpaired) electrons. The maximum Gasteiger partial charge on any atom is 0.280 e. The van der Waals surface area contributed by atoms with Gasteiger partial charge in [-0.3, -0.25) is 0 Å². The van der Waals surface area contributed by atoms with Crippen molar-refractivity contribution in [1.82, 2.24) is 0 Å². The average molecular weight is 249 g/mol.